The number of nitrogen functional groups attached to an aromatic ring is 1. The molecule has 5 N–H and O–H groups in total. The van der Waals surface area contributed by atoms with Gasteiger partial charge in [0.05, 0.1) is 0 Å². The van der Waals surface area contributed by atoms with Gasteiger partial charge in [-0.25, -0.2) is 9.37 Å². The van der Waals surface area contributed by atoms with Crippen LogP contribution in [0, 0.1) is 5.82 Å². The molecule has 0 atom stereocenters. The molecule has 0 amide bonds. The highest BCUT2D eigenvalue weighted by molar-refractivity contribution is 5.85. The van der Waals surface area contributed by atoms with Gasteiger partial charge in [-0.05, 0) is 54.1 Å². The maximum Gasteiger partial charge on any atom is 0.233 e. The van der Waals surface area contributed by atoms with E-state index >= 15 is 0 Å². The lowest BCUT2D eigenvalue weighted by Crippen LogP contribution is -2.10. The van der Waals surface area contributed by atoms with Crippen molar-refractivity contribution in [3.8, 4) is 0 Å². The Bertz CT molecular complexity index is 1130. The first-order valence-electron chi connectivity index (χ1n) is 9.19. The zero-order valence-electron chi connectivity index (χ0n) is 16.7. The fourth-order valence-electron chi connectivity index (χ4n) is 2.67. The second-order valence-corrected chi connectivity index (χ2v) is 6.37. The standard InChI is InChI=1S/C21H19FN8.2ClH/c22-15-6-8-17(9-7-15)27-21-29-19(25-13-14-10-11-24-18(23)12-14)28-20(30-21)26-16-4-2-1-3-5-16;;/h1-12H,13H2,(H2,23,24)(H3,25,26,27,28,29,30);2*1H. The van der Waals surface area contributed by atoms with Crippen LogP contribution in [0.3, 0.4) is 0 Å². The summed E-state index contributed by atoms with van der Waals surface area (Å²) in [4.78, 5) is 17.2. The highest BCUT2D eigenvalue weighted by atomic mass is 35.5. The molecule has 0 spiro atoms. The summed E-state index contributed by atoms with van der Waals surface area (Å²) in [6.45, 7) is 0.456. The topological polar surface area (TPSA) is 114 Å². The van der Waals surface area contributed by atoms with Gasteiger partial charge in [0, 0.05) is 24.1 Å². The number of aromatic nitrogens is 4. The molecule has 166 valence electrons. The van der Waals surface area contributed by atoms with E-state index in [1.54, 1.807) is 24.4 Å². The first-order chi connectivity index (χ1) is 14.6. The van der Waals surface area contributed by atoms with E-state index in [1.165, 1.54) is 12.1 Å². The van der Waals surface area contributed by atoms with Crippen molar-refractivity contribution < 1.29 is 4.39 Å². The van der Waals surface area contributed by atoms with E-state index in [-0.39, 0.29) is 30.6 Å². The lowest BCUT2D eigenvalue weighted by molar-refractivity contribution is 0.628. The number of nitrogens with one attached hydrogen (secondary N) is 3. The predicted molar refractivity (Wildman–Crippen MR) is 130 cm³/mol. The van der Waals surface area contributed by atoms with Crippen LogP contribution in [0.25, 0.3) is 0 Å². The van der Waals surface area contributed by atoms with E-state index < -0.39 is 0 Å². The van der Waals surface area contributed by atoms with E-state index in [4.69, 9.17) is 5.73 Å². The average Bonchev–Trinajstić information content (AvgIpc) is 2.75. The first-order valence-corrected chi connectivity index (χ1v) is 9.19. The number of hydrogen-bond donors (Lipinski definition) is 4. The van der Waals surface area contributed by atoms with Crippen LogP contribution in [0.1, 0.15) is 5.56 Å². The zero-order valence-corrected chi connectivity index (χ0v) is 18.3. The minimum atomic E-state index is -0.318. The Kier molecular flexibility index (Phi) is 8.94. The largest absolute Gasteiger partial charge is 0.384 e. The molecule has 0 saturated carbocycles. The SMILES string of the molecule is Cl.Cl.Nc1cc(CNc2nc(Nc3ccccc3)nc(Nc3ccc(F)cc3)n2)ccn1. The molecule has 0 aliphatic heterocycles. The van der Waals surface area contributed by atoms with E-state index in [2.05, 4.69) is 35.9 Å². The Labute approximate surface area is 196 Å². The van der Waals surface area contributed by atoms with E-state index in [9.17, 15) is 4.39 Å². The number of nitrogens with zero attached hydrogens (tertiary/aromatic N) is 4. The minimum Gasteiger partial charge on any atom is -0.384 e. The smallest absolute Gasteiger partial charge is 0.233 e. The molecule has 0 unspecified atom stereocenters. The molecular weight excluding hydrogens is 454 g/mol. The molecule has 0 radical (unpaired) electrons. The maximum atomic E-state index is 13.2. The highest BCUT2D eigenvalue weighted by Crippen LogP contribution is 2.19. The molecule has 0 bridgehead atoms. The lowest BCUT2D eigenvalue weighted by atomic mass is 10.2. The van der Waals surface area contributed by atoms with Gasteiger partial charge in [-0.2, -0.15) is 15.0 Å². The number of anilines is 6. The van der Waals surface area contributed by atoms with Crippen molar-refractivity contribution >= 4 is 59.9 Å². The van der Waals surface area contributed by atoms with Crippen molar-refractivity contribution in [2.45, 2.75) is 6.54 Å². The fraction of sp³-hybridized carbons (Fsp3) is 0.0476. The molecule has 4 aromatic rings. The molecule has 8 nitrogen and oxygen atoms in total. The summed E-state index contributed by atoms with van der Waals surface area (Å²) in [5, 5.41) is 9.38. The Balaban J connectivity index is 0.00000181. The second kappa shape index (κ2) is 11.6. The van der Waals surface area contributed by atoms with Crippen molar-refractivity contribution in [1.82, 2.24) is 19.9 Å². The molecule has 2 aromatic carbocycles. The molecule has 0 aliphatic rings. The second-order valence-electron chi connectivity index (χ2n) is 6.37. The average molecular weight is 475 g/mol. The van der Waals surface area contributed by atoms with E-state index in [1.807, 2.05) is 36.4 Å². The third-order valence-corrected chi connectivity index (χ3v) is 4.06. The molecular formula is C21H21Cl2FN8. The zero-order chi connectivity index (χ0) is 20.8. The van der Waals surface area contributed by atoms with Gasteiger partial charge in [0.15, 0.2) is 0 Å². The van der Waals surface area contributed by atoms with Gasteiger partial charge in [-0.1, -0.05) is 18.2 Å². The number of rotatable bonds is 7. The Morgan fingerprint density at radius 3 is 1.97 bits per heavy atom. The van der Waals surface area contributed by atoms with E-state index in [0.717, 1.165) is 11.3 Å². The normalized spacial score (nSPS) is 9.78. The van der Waals surface area contributed by atoms with Gasteiger partial charge in [-0.3, -0.25) is 0 Å². The Hall–Kier alpha value is -3.69. The quantitative estimate of drug-likeness (QED) is 0.298. The van der Waals surface area contributed by atoms with Crippen molar-refractivity contribution in [2.24, 2.45) is 0 Å². The van der Waals surface area contributed by atoms with Crippen LogP contribution < -0.4 is 21.7 Å². The van der Waals surface area contributed by atoms with Gasteiger partial charge in [0.1, 0.15) is 11.6 Å². The van der Waals surface area contributed by atoms with Crippen LogP contribution in [0.5, 0.6) is 0 Å². The van der Waals surface area contributed by atoms with Gasteiger partial charge >= 0.3 is 0 Å². The third kappa shape index (κ3) is 6.93. The molecule has 2 aromatic heterocycles. The summed E-state index contributed by atoms with van der Waals surface area (Å²) in [6, 6.07) is 19.1. The maximum absolute atomic E-state index is 13.2. The number of pyridine rings is 1. The summed E-state index contributed by atoms with van der Waals surface area (Å²) in [7, 11) is 0. The monoisotopic (exact) mass is 474 g/mol. The van der Waals surface area contributed by atoms with Gasteiger partial charge < -0.3 is 21.7 Å². The van der Waals surface area contributed by atoms with Crippen molar-refractivity contribution in [2.75, 3.05) is 21.7 Å². The summed E-state index contributed by atoms with van der Waals surface area (Å²) in [5.74, 6) is 1.16. The van der Waals surface area contributed by atoms with Crippen LogP contribution >= 0.6 is 24.8 Å². The predicted octanol–water partition coefficient (Wildman–Crippen LogP) is 4.93. The number of halogens is 3. The molecule has 32 heavy (non-hydrogen) atoms. The fourth-order valence-corrected chi connectivity index (χ4v) is 2.67. The number of nitrogens with two attached hydrogens (primary N) is 1. The third-order valence-electron chi connectivity index (χ3n) is 4.06. The van der Waals surface area contributed by atoms with Gasteiger partial charge in [-0.15, -0.1) is 24.8 Å². The van der Waals surface area contributed by atoms with Crippen molar-refractivity contribution in [1.29, 1.82) is 0 Å². The molecule has 0 fully saturated rings. The Morgan fingerprint density at radius 1 is 0.750 bits per heavy atom. The van der Waals surface area contributed by atoms with Gasteiger partial charge in [0.25, 0.3) is 0 Å². The van der Waals surface area contributed by atoms with Crippen LogP contribution in [0.4, 0.5) is 39.4 Å². The van der Waals surface area contributed by atoms with Crippen LogP contribution in [-0.4, -0.2) is 19.9 Å². The summed E-state index contributed by atoms with van der Waals surface area (Å²) >= 11 is 0. The van der Waals surface area contributed by atoms with Crippen LogP contribution in [0.15, 0.2) is 72.9 Å². The molecule has 0 saturated heterocycles. The number of para-hydroxylation sites is 1. The first kappa shape index (κ1) is 24.6. The summed E-state index contributed by atoms with van der Waals surface area (Å²) in [5.41, 5.74) is 8.16. The summed E-state index contributed by atoms with van der Waals surface area (Å²) < 4.78 is 13.2. The number of benzene rings is 2. The van der Waals surface area contributed by atoms with Crippen molar-refractivity contribution in [3.63, 3.8) is 0 Å². The molecule has 0 aliphatic carbocycles. The van der Waals surface area contributed by atoms with E-state index in [0.29, 0.717) is 35.9 Å². The molecule has 4 rings (SSSR count). The minimum absolute atomic E-state index is 0. The van der Waals surface area contributed by atoms with Crippen molar-refractivity contribution in [3.05, 3.63) is 84.3 Å². The molecule has 2 heterocycles. The number of hydrogen-bond acceptors (Lipinski definition) is 8. The van der Waals surface area contributed by atoms with Crippen LogP contribution in [-0.2, 0) is 6.54 Å². The lowest BCUT2D eigenvalue weighted by Gasteiger charge is -2.11. The van der Waals surface area contributed by atoms with Gasteiger partial charge in [0.2, 0.25) is 17.8 Å². The highest BCUT2D eigenvalue weighted by Gasteiger charge is 2.08. The summed E-state index contributed by atoms with van der Waals surface area (Å²) in [6.07, 6.45) is 1.64. The molecule has 11 heteroatoms. The Morgan fingerprint density at radius 2 is 1.34 bits per heavy atom. The van der Waals surface area contributed by atoms with Crippen LogP contribution in [0.2, 0.25) is 0 Å².